The van der Waals surface area contributed by atoms with Crippen LogP contribution in [0.5, 0.6) is 0 Å². The number of carbonyl (C=O) groups is 1. The second kappa shape index (κ2) is 6.28. The molecule has 4 heteroatoms. The Morgan fingerprint density at radius 3 is 2.50 bits per heavy atom. The lowest BCUT2D eigenvalue weighted by Crippen LogP contribution is -2.26. The first kappa shape index (κ1) is 14.7. The molecule has 0 fully saturated rings. The Balaban J connectivity index is 2.05. The van der Waals surface area contributed by atoms with E-state index < -0.39 is 0 Å². The van der Waals surface area contributed by atoms with Crippen molar-refractivity contribution in [3.8, 4) is 0 Å². The number of anilines is 1. The molecule has 0 N–H and O–H groups in total. The van der Waals surface area contributed by atoms with Gasteiger partial charge in [0.1, 0.15) is 5.58 Å². The van der Waals surface area contributed by atoms with Gasteiger partial charge in [-0.25, -0.2) is 0 Å². The van der Waals surface area contributed by atoms with Gasteiger partial charge in [-0.3, -0.25) is 4.79 Å². The van der Waals surface area contributed by atoms with Gasteiger partial charge in [-0.05, 0) is 24.5 Å². The van der Waals surface area contributed by atoms with Gasteiger partial charge < -0.3 is 9.32 Å². The average molecular weight is 311 g/mol. The molecule has 3 nitrogen and oxygen atoms in total. The maximum absolute atomic E-state index is 12.8. The Kier molecular flexibility index (Phi) is 4.20. The van der Waals surface area contributed by atoms with E-state index in [1.54, 1.807) is 23.7 Å². The largest absolute Gasteiger partial charge is 0.451 e. The molecule has 0 radical (unpaired) electrons. The van der Waals surface area contributed by atoms with Gasteiger partial charge in [0.15, 0.2) is 5.76 Å². The number of para-hydroxylation sites is 2. The van der Waals surface area contributed by atoms with E-state index >= 15 is 0 Å². The van der Waals surface area contributed by atoms with Crippen LogP contribution in [-0.2, 0) is 5.75 Å². The predicted octanol–water partition coefficient (Wildman–Crippen LogP) is 4.57. The zero-order valence-electron chi connectivity index (χ0n) is 12.6. The van der Waals surface area contributed by atoms with Crippen LogP contribution < -0.4 is 4.90 Å². The molecule has 3 rings (SSSR count). The lowest BCUT2D eigenvalue weighted by Gasteiger charge is -2.16. The number of amides is 1. The topological polar surface area (TPSA) is 33.5 Å². The van der Waals surface area contributed by atoms with Gasteiger partial charge in [0.25, 0.3) is 5.91 Å². The number of rotatable bonds is 4. The number of furan rings is 1. The van der Waals surface area contributed by atoms with Crippen LogP contribution in [0.1, 0.15) is 16.1 Å². The first-order chi connectivity index (χ1) is 10.7. The fraction of sp³-hybridized carbons (Fsp3) is 0.167. The molecule has 0 saturated heterocycles. The van der Waals surface area contributed by atoms with Crippen molar-refractivity contribution in [2.75, 3.05) is 18.2 Å². The molecule has 0 atom stereocenters. The van der Waals surface area contributed by atoms with Crippen LogP contribution in [-0.4, -0.2) is 19.2 Å². The summed E-state index contributed by atoms with van der Waals surface area (Å²) in [6.45, 7) is 0. The molecule has 0 spiro atoms. The third-order valence-electron chi connectivity index (χ3n) is 3.63. The highest BCUT2D eigenvalue weighted by Crippen LogP contribution is 2.30. The summed E-state index contributed by atoms with van der Waals surface area (Å²) >= 11 is 1.68. The Morgan fingerprint density at radius 1 is 1.09 bits per heavy atom. The van der Waals surface area contributed by atoms with E-state index in [4.69, 9.17) is 4.42 Å². The lowest BCUT2D eigenvalue weighted by atomic mass is 10.1. The van der Waals surface area contributed by atoms with Crippen molar-refractivity contribution in [3.63, 3.8) is 0 Å². The zero-order valence-corrected chi connectivity index (χ0v) is 13.4. The third kappa shape index (κ3) is 2.62. The van der Waals surface area contributed by atoms with Gasteiger partial charge >= 0.3 is 0 Å². The quantitative estimate of drug-likeness (QED) is 0.707. The molecular weight excluding hydrogens is 294 g/mol. The van der Waals surface area contributed by atoms with E-state index in [9.17, 15) is 4.79 Å². The standard InChI is InChI=1S/C18H17NO2S/c1-19(13-8-4-3-5-9-13)18(20)17-15(12-22-2)14-10-6-7-11-16(14)21-17/h3-11H,12H2,1-2H3. The van der Waals surface area contributed by atoms with Crippen molar-refractivity contribution >= 4 is 34.3 Å². The van der Waals surface area contributed by atoms with Crippen molar-refractivity contribution in [3.05, 3.63) is 65.9 Å². The number of hydrogen-bond donors (Lipinski definition) is 0. The number of carbonyl (C=O) groups excluding carboxylic acids is 1. The number of benzene rings is 2. The average Bonchev–Trinajstić information content (AvgIpc) is 2.93. The van der Waals surface area contributed by atoms with Gasteiger partial charge in [0.2, 0.25) is 0 Å². The summed E-state index contributed by atoms with van der Waals surface area (Å²) in [5.41, 5.74) is 2.58. The molecular formula is C18H17NO2S. The Morgan fingerprint density at radius 2 is 1.77 bits per heavy atom. The Labute approximate surface area is 133 Å². The first-order valence-corrected chi connectivity index (χ1v) is 8.44. The highest BCUT2D eigenvalue weighted by atomic mass is 32.2. The second-order valence-electron chi connectivity index (χ2n) is 5.04. The van der Waals surface area contributed by atoms with Crippen molar-refractivity contribution < 1.29 is 9.21 Å². The summed E-state index contributed by atoms with van der Waals surface area (Å²) in [5, 5.41) is 1.02. The monoisotopic (exact) mass is 311 g/mol. The van der Waals surface area contributed by atoms with E-state index in [-0.39, 0.29) is 5.91 Å². The molecule has 1 amide bonds. The fourth-order valence-corrected chi connectivity index (χ4v) is 3.06. The van der Waals surface area contributed by atoms with Gasteiger partial charge in [-0.15, -0.1) is 0 Å². The molecule has 0 aliphatic heterocycles. The van der Waals surface area contributed by atoms with E-state index in [2.05, 4.69) is 0 Å². The molecule has 3 aromatic rings. The third-order valence-corrected chi connectivity index (χ3v) is 4.21. The molecule has 1 heterocycles. The number of hydrogen-bond acceptors (Lipinski definition) is 3. The molecule has 112 valence electrons. The molecule has 0 saturated carbocycles. The van der Waals surface area contributed by atoms with Gasteiger partial charge in [-0.2, -0.15) is 11.8 Å². The van der Waals surface area contributed by atoms with E-state index in [1.807, 2.05) is 60.9 Å². The molecule has 1 aromatic heterocycles. The zero-order chi connectivity index (χ0) is 15.5. The second-order valence-corrected chi connectivity index (χ2v) is 5.90. The molecule has 22 heavy (non-hydrogen) atoms. The van der Waals surface area contributed by atoms with Crippen LogP contribution in [0, 0.1) is 0 Å². The van der Waals surface area contributed by atoms with Crippen molar-refractivity contribution in [1.29, 1.82) is 0 Å². The van der Waals surface area contributed by atoms with Crippen molar-refractivity contribution in [1.82, 2.24) is 0 Å². The van der Waals surface area contributed by atoms with E-state index in [0.717, 1.165) is 28.0 Å². The summed E-state index contributed by atoms with van der Waals surface area (Å²) in [4.78, 5) is 14.5. The van der Waals surface area contributed by atoms with Gasteiger partial charge in [0.05, 0.1) is 0 Å². The fourth-order valence-electron chi connectivity index (χ4n) is 2.48. The minimum absolute atomic E-state index is 0.119. The summed E-state index contributed by atoms with van der Waals surface area (Å²) in [6, 6.07) is 17.4. The first-order valence-electron chi connectivity index (χ1n) is 7.05. The number of thioether (sulfide) groups is 1. The minimum atomic E-state index is -0.119. The minimum Gasteiger partial charge on any atom is -0.451 e. The van der Waals surface area contributed by atoms with Crippen LogP contribution in [0.15, 0.2) is 59.0 Å². The maximum Gasteiger partial charge on any atom is 0.294 e. The Bertz CT molecular complexity index is 795. The highest BCUT2D eigenvalue weighted by Gasteiger charge is 2.23. The van der Waals surface area contributed by atoms with Crippen LogP contribution in [0.2, 0.25) is 0 Å². The summed E-state index contributed by atoms with van der Waals surface area (Å²) in [5.74, 6) is 1.06. The number of nitrogens with zero attached hydrogens (tertiary/aromatic N) is 1. The molecule has 2 aromatic carbocycles. The normalized spacial score (nSPS) is 10.8. The van der Waals surface area contributed by atoms with Crippen LogP contribution >= 0.6 is 11.8 Å². The lowest BCUT2D eigenvalue weighted by molar-refractivity contribution is 0.0967. The van der Waals surface area contributed by atoms with E-state index in [1.165, 1.54) is 0 Å². The van der Waals surface area contributed by atoms with Crippen LogP contribution in [0.25, 0.3) is 11.0 Å². The highest BCUT2D eigenvalue weighted by molar-refractivity contribution is 7.97. The number of fused-ring (bicyclic) bond motifs is 1. The molecule has 0 aliphatic carbocycles. The maximum atomic E-state index is 12.8. The summed E-state index contributed by atoms with van der Waals surface area (Å²) in [7, 11) is 1.77. The van der Waals surface area contributed by atoms with Crippen LogP contribution in [0.3, 0.4) is 0 Å². The smallest absolute Gasteiger partial charge is 0.294 e. The predicted molar refractivity (Wildman–Crippen MR) is 92.6 cm³/mol. The van der Waals surface area contributed by atoms with Crippen molar-refractivity contribution in [2.24, 2.45) is 0 Å². The summed E-state index contributed by atoms with van der Waals surface area (Å²) in [6.07, 6.45) is 2.02. The molecule has 0 bridgehead atoms. The van der Waals surface area contributed by atoms with E-state index in [0.29, 0.717) is 5.76 Å². The summed E-state index contributed by atoms with van der Waals surface area (Å²) < 4.78 is 5.85. The van der Waals surface area contributed by atoms with Crippen LogP contribution in [0.4, 0.5) is 5.69 Å². The molecule has 0 aliphatic rings. The van der Waals surface area contributed by atoms with Gasteiger partial charge in [-0.1, -0.05) is 36.4 Å². The van der Waals surface area contributed by atoms with Gasteiger partial charge in [0, 0.05) is 29.4 Å². The van der Waals surface area contributed by atoms with Crippen molar-refractivity contribution in [2.45, 2.75) is 5.75 Å². The Hall–Kier alpha value is -2.20. The molecule has 0 unspecified atom stereocenters. The SMILES string of the molecule is CSCc1c(C(=O)N(C)c2ccccc2)oc2ccccc12.